The number of hydrogen-bond acceptors (Lipinski definition) is 3. The molecule has 1 aromatic rings. The summed E-state index contributed by atoms with van der Waals surface area (Å²) < 4.78 is 6.49. The molecule has 0 heterocycles. The van der Waals surface area contributed by atoms with Crippen molar-refractivity contribution in [3.05, 3.63) is 28.7 Å². The minimum absolute atomic E-state index is 0.188. The summed E-state index contributed by atoms with van der Waals surface area (Å²) in [6, 6.07) is 7.13. The third-order valence-electron chi connectivity index (χ3n) is 2.70. The Morgan fingerprint density at radius 1 is 1.24 bits per heavy atom. The van der Waals surface area contributed by atoms with Gasteiger partial charge in [0.05, 0.1) is 0 Å². The smallest absolute Gasteiger partial charge is 0.323 e. The number of hydrogen-bond donors (Lipinski definition) is 1. The quantitative estimate of drug-likeness (QED) is 0.814. The number of halogens is 1. The summed E-state index contributed by atoms with van der Waals surface area (Å²) in [5.41, 5.74) is 0. The predicted octanol–water partition coefficient (Wildman–Crippen LogP) is 2.79. The minimum Gasteiger partial charge on any atom is -0.481 e. The third kappa shape index (κ3) is 6.16. The van der Waals surface area contributed by atoms with Crippen LogP contribution in [-0.4, -0.2) is 41.1 Å². The van der Waals surface area contributed by atoms with E-state index in [1.165, 1.54) is 4.90 Å². The topological polar surface area (TPSA) is 66.8 Å². The highest BCUT2D eigenvalue weighted by Gasteiger charge is 2.24. The minimum atomic E-state index is -1.03. The fourth-order valence-electron chi connectivity index (χ4n) is 1.86. The number of rotatable bonds is 7. The molecule has 0 spiro atoms. The van der Waals surface area contributed by atoms with E-state index in [1.54, 1.807) is 19.1 Å². The molecule has 0 radical (unpaired) electrons. The standard InChI is InChI=1S/C15H20BrNO4/c1-10(2)8-17(9-14(18)19)15(20)11(3)21-13-6-4-12(16)5-7-13/h4-7,10-11H,8-9H2,1-3H3,(H,18,19). The van der Waals surface area contributed by atoms with Gasteiger partial charge in [0.25, 0.3) is 5.91 Å². The molecule has 6 heteroatoms. The number of nitrogens with zero attached hydrogens (tertiary/aromatic N) is 1. The number of ether oxygens (including phenoxy) is 1. The van der Waals surface area contributed by atoms with Crippen LogP contribution in [0.25, 0.3) is 0 Å². The van der Waals surface area contributed by atoms with Gasteiger partial charge in [-0.25, -0.2) is 0 Å². The van der Waals surface area contributed by atoms with Crippen LogP contribution in [0.15, 0.2) is 28.7 Å². The summed E-state index contributed by atoms with van der Waals surface area (Å²) in [5, 5.41) is 8.91. The van der Waals surface area contributed by atoms with E-state index < -0.39 is 12.1 Å². The van der Waals surface area contributed by atoms with E-state index >= 15 is 0 Å². The molecule has 1 aromatic carbocycles. The van der Waals surface area contributed by atoms with Crippen LogP contribution < -0.4 is 4.74 Å². The lowest BCUT2D eigenvalue weighted by Crippen LogP contribution is -2.44. The van der Waals surface area contributed by atoms with Gasteiger partial charge < -0.3 is 14.7 Å². The molecule has 1 rings (SSSR count). The monoisotopic (exact) mass is 357 g/mol. The van der Waals surface area contributed by atoms with E-state index in [9.17, 15) is 9.59 Å². The van der Waals surface area contributed by atoms with Gasteiger partial charge in [-0.3, -0.25) is 9.59 Å². The fraction of sp³-hybridized carbons (Fsp3) is 0.467. The van der Waals surface area contributed by atoms with Gasteiger partial charge in [-0.1, -0.05) is 29.8 Å². The normalized spacial score (nSPS) is 12.0. The van der Waals surface area contributed by atoms with Crippen molar-refractivity contribution >= 4 is 27.8 Å². The van der Waals surface area contributed by atoms with Crippen LogP contribution in [0.3, 0.4) is 0 Å². The highest BCUT2D eigenvalue weighted by atomic mass is 79.9. The van der Waals surface area contributed by atoms with Crippen molar-refractivity contribution in [2.24, 2.45) is 5.92 Å². The highest BCUT2D eigenvalue weighted by Crippen LogP contribution is 2.18. The second kappa shape index (κ2) is 8.02. The van der Waals surface area contributed by atoms with Crippen molar-refractivity contribution < 1.29 is 19.4 Å². The van der Waals surface area contributed by atoms with E-state index in [1.807, 2.05) is 26.0 Å². The summed E-state index contributed by atoms with van der Waals surface area (Å²) in [7, 11) is 0. The van der Waals surface area contributed by atoms with E-state index in [-0.39, 0.29) is 18.4 Å². The molecule has 0 fully saturated rings. The maximum absolute atomic E-state index is 12.3. The van der Waals surface area contributed by atoms with Crippen LogP contribution in [0.5, 0.6) is 5.75 Å². The summed E-state index contributed by atoms with van der Waals surface area (Å²) in [6.45, 7) is 5.56. The second-order valence-corrected chi connectivity index (χ2v) is 6.14. The van der Waals surface area contributed by atoms with Gasteiger partial charge in [-0.15, -0.1) is 0 Å². The van der Waals surface area contributed by atoms with Gasteiger partial charge in [0.1, 0.15) is 12.3 Å². The van der Waals surface area contributed by atoms with Crippen LogP contribution in [0.1, 0.15) is 20.8 Å². The Bertz CT molecular complexity index is 487. The second-order valence-electron chi connectivity index (χ2n) is 5.22. The molecule has 0 aliphatic carbocycles. The molecule has 1 atom stereocenters. The third-order valence-corrected chi connectivity index (χ3v) is 3.23. The lowest BCUT2D eigenvalue weighted by atomic mass is 10.2. The molecule has 1 unspecified atom stereocenters. The van der Waals surface area contributed by atoms with E-state index in [0.717, 1.165) is 4.47 Å². The number of carbonyl (C=O) groups is 2. The Balaban J connectivity index is 2.72. The SMILES string of the molecule is CC(C)CN(CC(=O)O)C(=O)C(C)Oc1ccc(Br)cc1. The zero-order valence-corrected chi connectivity index (χ0v) is 14.0. The Morgan fingerprint density at radius 3 is 2.29 bits per heavy atom. The molecule has 0 aliphatic heterocycles. The molecular formula is C15H20BrNO4. The van der Waals surface area contributed by atoms with Gasteiger partial charge in [0, 0.05) is 11.0 Å². The summed E-state index contributed by atoms with van der Waals surface area (Å²) >= 11 is 3.32. The molecule has 0 bridgehead atoms. The Hall–Kier alpha value is -1.56. The first-order valence-corrected chi connectivity index (χ1v) is 7.51. The molecule has 5 nitrogen and oxygen atoms in total. The summed E-state index contributed by atoms with van der Waals surface area (Å²) in [4.78, 5) is 24.5. The first-order chi connectivity index (χ1) is 9.79. The Labute approximate surface area is 133 Å². The number of aliphatic carboxylic acids is 1. The largest absolute Gasteiger partial charge is 0.481 e. The number of carboxylic acid groups (broad SMARTS) is 1. The molecule has 0 saturated heterocycles. The van der Waals surface area contributed by atoms with Crippen molar-refractivity contribution in [3.63, 3.8) is 0 Å². The zero-order chi connectivity index (χ0) is 16.0. The van der Waals surface area contributed by atoms with Gasteiger partial charge in [0.15, 0.2) is 6.10 Å². The van der Waals surface area contributed by atoms with Gasteiger partial charge in [-0.2, -0.15) is 0 Å². The van der Waals surface area contributed by atoms with Gasteiger partial charge >= 0.3 is 5.97 Å². The zero-order valence-electron chi connectivity index (χ0n) is 12.4. The molecular weight excluding hydrogens is 338 g/mol. The summed E-state index contributed by atoms with van der Waals surface area (Å²) in [6.07, 6.45) is -0.732. The Morgan fingerprint density at radius 2 is 1.81 bits per heavy atom. The first kappa shape index (κ1) is 17.5. The Kier molecular flexibility index (Phi) is 6.68. The molecule has 0 aromatic heterocycles. The molecule has 1 amide bonds. The van der Waals surface area contributed by atoms with Crippen LogP contribution in [-0.2, 0) is 9.59 Å². The van der Waals surface area contributed by atoms with E-state index in [0.29, 0.717) is 12.3 Å². The lowest BCUT2D eigenvalue weighted by molar-refractivity contribution is -0.147. The van der Waals surface area contributed by atoms with E-state index in [2.05, 4.69) is 15.9 Å². The fourth-order valence-corrected chi connectivity index (χ4v) is 2.13. The number of carbonyl (C=O) groups excluding carboxylic acids is 1. The van der Waals surface area contributed by atoms with E-state index in [4.69, 9.17) is 9.84 Å². The maximum atomic E-state index is 12.3. The van der Waals surface area contributed by atoms with Crippen LogP contribution in [0.2, 0.25) is 0 Å². The highest BCUT2D eigenvalue weighted by molar-refractivity contribution is 9.10. The number of carboxylic acids is 1. The number of benzene rings is 1. The molecule has 0 aliphatic rings. The number of amides is 1. The van der Waals surface area contributed by atoms with Crippen molar-refractivity contribution in [1.82, 2.24) is 4.90 Å². The van der Waals surface area contributed by atoms with Crippen molar-refractivity contribution in [3.8, 4) is 5.75 Å². The first-order valence-electron chi connectivity index (χ1n) is 6.72. The van der Waals surface area contributed by atoms with Crippen LogP contribution in [0, 0.1) is 5.92 Å². The van der Waals surface area contributed by atoms with Gasteiger partial charge in [0.2, 0.25) is 0 Å². The summed E-state index contributed by atoms with van der Waals surface area (Å²) in [5.74, 6) is -0.596. The molecule has 1 N–H and O–H groups in total. The molecule has 21 heavy (non-hydrogen) atoms. The lowest BCUT2D eigenvalue weighted by Gasteiger charge is -2.26. The maximum Gasteiger partial charge on any atom is 0.323 e. The van der Waals surface area contributed by atoms with Gasteiger partial charge in [-0.05, 0) is 37.1 Å². The molecule has 0 saturated carbocycles. The van der Waals surface area contributed by atoms with Crippen LogP contribution >= 0.6 is 15.9 Å². The van der Waals surface area contributed by atoms with Crippen molar-refractivity contribution in [2.75, 3.05) is 13.1 Å². The predicted molar refractivity (Wildman–Crippen MR) is 83.3 cm³/mol. The molecule has 116 valence electrons. The van der Waals surface area contributed by atoms with Crippen molar-refractivity contribution in [1.29, 1.82) is 0 Å². The van der Waals surface area contributed by atoms with Crippen LogP contribution in [0.4, 0.5) is 0 Å². The van der Waals surface area contributed by atoms with Crippen molar-refractivity contribution in [2.45, 2.75) is 26.9 Å². The average molecular weight is 358 g/mol. The average Bonchev–Trinajstić information content (AvgIpc) is 2.38.